The minimum atomic E-state index is -0.394. The minimum absolute atomic E-state index is 0.0917. The zero-order valence-electron chi connectivity index (χ0n) is 10.4. The average Bonchev–Trinajstić information content (AvgIpc) is 2.27. The molecule has 0 aromatic heterocycles. The van der Waals surface area contributed by atoms with Crippen LogP contribution in [0.2, 0.25) is 0 Å². The highest BCUT2D eigenvalue weighted by molar-refractivity contribution is 5.43. The molecule has 0 bridgehead atoms. The van der Waals surface area contributed by atoms with E-state index in [9.17, 15) is 10.1 Å². The molecule has 1 aromatic rings. The van der Waals surface area contributed by atoms with Crippen LogP contribution in [0.1, 0.15) is 26.3 Å². The third-order valence-corrected chi connectivity index (χ3v) is 2.26. The first-order chi connectivity index (χ1) is 8.04. The molecule has 0 saturated carbocycles. The number of non-ortho nitro benzene ring substituents is 1. The predicted molar refractivity (Wildman–Crippen MR) is 66.2 cm³/mol. The summed E-state index contributed by atoms with van der Waals surface area (Å²) in [5.41, 5.74) is 0.906. The second-order valence-electron chi connectivity index (χ2n) is 4.02. The van der Waals surface area contributed by atoms with Gasteiger partial charge in [0, 0.05) is 30.3 Å². The molecule has 0 aliphatic heterocycles. The molecule has 5 heteroatoms. The van der Waals surface area contributed by atoms with E-state index < -0.39 is 4.92 Å². The maximum absolute atomic E-state index is 10.7. The summed E-state index contributed by atoms with van der Waals surface area (Å²) in [5.74, 6) is 0.700. The first kappa shape index (κ1) is 13.4. The van der Waals surface area contributed by atoms with Crippen molar-refractivity contribution in [2.75, 3.05) is 6.61 Å². The van der Waals surface area contributed by atoms with Gasteiger partial charge < -0.3 is 10.1 Å². The maximum Gasteiger partial charge on any atom is 0.270 e. The quantitative estimate of drug-likeness (QED) is 0.611. The number of nitro benzene ring substituents is 1. The van der Waals surface area contributed by atoms with Gasteiger partial charge in [-0.15, -0.1) is 0 Å². The van der Waals surface area contributed by atoms with E-state index in [2.05, 4.69) is 5.32 Å². The van der Waals surface area contributed by atoms with E-state index in [-0.39, 0.29) is 5.69 Å². The Bertz CT molecular complexity index is 391. The van der Waals surface area contributed by atoms with Crippen molar-refractivity contribution >= 4 is 5.69 Å². The second kappa shape index (κ2) is 6.20. The van der Waals surface area contributed by atoms with Crippen LogP contribution in [-0.4, -0.2) is 17.6 Å². The Labute approximate surface area is 101 Å². The van der Waals surface area contributed by atoms with Crippen LogP contribution in [0.5, 0.6) is 5.75 Å². The van der Waals surface area contributed by atoms with Crippen molar-refractivity contribution in [3.05, 3.63) is 33.9 Å². The van der Waals surface area contributed by atoms with Crippen molar-refractivity contribution in [1.82, 2.24) is 5.32 Å². The highest BCUT2D eigenvalue weighted by Gasteiger charge is 2.11. The summed E-state index contributed by atoms with van der Waals surface area (Å²) >= 11 is 0. The zero-order valence-corrected chi connectivity index (χ0v) is 10.4. The number of hydrogen-bond acceptors (Lipinski definition) is 4. The largest absolute Gasteiger partial charge is 0.494 e. The lowest BCUT2D eigenvalue weighted by Gasteiger charge is -2.12. The topological polar surface area (TPSA) is 64.4 Å². The summed E-state index contributed by atoms with van der Waals surface area (Å²) in [6.07, 6.45) is 0. The first-order valence-electron chi connectivity index (χ1n) is 5.68. The number of rotatable bonds is 6. The summed E-state index contributed by atoms with van der Waals surface area (Å²) in [6.45, 7) is 7.05. The number of ether oxygens (including phenoxy) is 1. The second-order valence-corrected chi connectivity index (χ2v) is 4.02. The van der Waals surface area contributed by atoms with E-state index in [4.69, 9.17) is 4.74 Å². The molecule has 0 spiro atoms. The molecular weight excluding hydrogens is 220 g/mol. The van der Waals surface area contributed by atoms with Crippen molar-refractivity contribution in [2.24, 2.45) is 0 Å². The molecule has 0 aliphatic rings. The Hall–Kier alpha value is -1.62. The van der Waals surface area contributed by atoms with Gasteiger partial charge in [0.05, 0.1) is 11.5 Å². The van der Waals surface area contributed by atoms with Gasteiger partial charge in [-0.1, -0.05) is 13.8 Å². The lowest BCUT2D eigenvalue weighted by Crippen LogP contribution is -2.22. The van der Waals surface area contributed by atoms with E-state index in [0.717, 1.165) is 5.56 Å². The molecule has 17 heavy (non-hydrogen) atoms. The Morgan fingerprint density at radius 3 is 2.71 bits per heavy atom. The Kier molecular flexibility index (Phi) is 4.90. The highest BCUT2D eigenvalue weighted by atomic mass is 16.6. The summed E-state index contributed by atoms with van der Waals surface area (Å²) in [5, 5.41) is 13.9. The van der Waals surface area contributed by atoms with Gasteiger partial charge in [-0.2, -0.15) is 0 Å². The number of benzene rings is 1. The summed E-state index contributed by atoms with van der Waals surface area (Å²) in [4.78, 5) is 10.3. The Morgan fingerprint density at radius 1 is 1.47 bits per heavy atom. The molecule has 0 atom stereocenters. The van der Waals surface area contributed by atoms with Crippen molar-refractivity contribution in [1.29, 1.82) is 0 Å². The number of hydrogen-bond donors (Lipinski definition) is 1. The smallest absolute Gasteiger partial charge is 0.270 e. The van der Waals surface area contributed by atoms with Gasteiger partial charge in [0.2, 0.25) is 0 Å². The van der Waals surface area contributed by atoms with Gasteiger partial charge in [-0.25, -0.2) is 0 Å². The van der Waals surface area contributed by atoms with Gasteiger partial charge in [0.15, 0.2) is 0 Å². The monoisotopic (exact) mass is 238 g/mol. The van der Waals surface area contributed by atoms with Crippen LogP contribution in [-0.2, 0) is 6.54 Å². The summed E-state index contributed by atoms with van der Waals surface area (Å²) in [7, 11) is 0. The molecular formula is C12H18N2O3. The van der Waals surface area contributed by atoms with E-state index in [1.165, 1.54) is 6.07 Å². The molecule has 0 radical (unpaired) electrons. The van der Waals surface area contributed by atoms with Crippen LogP contribution < -0.4 is 10.1 Å². The maximum atomic E-state index is 10.7. The Balaban J connectivity index is 2.93. The molecule has 1 rings (SSSR count). The third kappa shape index (κ3) is 4.03. The van der Waals surface area contributed by atoms with Gasteiger partial charge >= 0.3 is 0 Å². The number of nitrogens with zero attached hydrogens (tertiary/aromatic N) is 1. The highest BCUT2D eigenvalue weighted by Crippen LogP contribution is 2.24. The molecule has 94 valence electrons. The molecule has 0 saturated heterocycles. The van der Waals surface area contributed by atoms with Crippen LogP contribution in [0, 0.1) is 10.1 Å². The molecule has 0 amide bonds. The van der Waals surface area contributed by atoms with Gasteiger partial charge in [0.25, 0.3) is 5.69 Å². The molecule has 1 aromatic carbocycles. The fourth-order valence-electron chi connectivity index (χ4n) is 1.43. The predicted octanol–water partition coefficient (Wildman–Crippen LogP) is 2.49. The van der Waals surface area contributed by atoms with Crippen molar-refractivity contribution in [3.63, 3.8) is 0 Å². The Morgan fingerprint density at radius 2 is 2.18 bits per heavy atom. The lowest BCUT2D eigenvalue weighted by molar-refractivity contribution is -0.384. The molecule has 0 heterocycles. The molecule has 0 fully saturated rings. The number of nitrogens with one attached hydrogen (secondary N) is 1. The van der Waals surface area contributed by atoms with Crippen LogP contribution in [0.4, 0.5) is 5.69 Å². The van der Waals surface area contributed by atoms with Crippen LogP contribution >= 0.6 is 0 Å². The average molecular weight is 238 g/mol. The van der Waals surface area contributed by atoms with Crippen molar-refractivity contribution < 1.29 is 9.66 Å². The normalized spacial score (nSPS) is 10.6. The van der Waals surface area contributed by atoms with Gasteiger partial charge in [-0.05, 0) is 13.0 Å². The summed E-state index contributed by atoms with van der Waals surface area (Å²) < 4.78 is 5.44. The van der Waals surface area contributed by atoms with E-state index in [0.29, 0.717) is 24.9 Å². The standard InChI is InChI=1S/C12H18N2O3/c1-4-17-12-6-5-11(14(15)16)7-10(12)8-13-9(2)3/h5-7,9,13H,4,8H2,1-3H3. The van der Waals surface area contributed by atoms with Crippen molar-refractivity contribution in [3.8, 4) is 5.75 Å². The first-order valence-corrected chi connectivity index (χ1v) is 5.68. The molecule has 1 N–H and O–H groups in total. The van der Waals surface area contributed by atoms with Crippen LogP contribution in [0.15, 0.2) is 18.2 Å². The van der Waals surface area contributed by atoms with Gasteiger partial charge in [-0.3, -0.25) is 10.1 Å². The molecule has 5 nitrogen and oxygen atoms in total. The van der Waals surface area contributed by atoms with Gasteiger partial charge in [0.1, 0.15) is 5.75 Å². The fourth-order valence-corrected chi connectivity index (χ4v) is 1.43. The van der Waals surface area contributed by atoms with E-state index >= 15 is 0 Å². The van der Waals surface area contributed by atoms with Crippen LogP contribution in [0.3, 0.4) is 0 Å². The lowest BCUT2D eigenvalue weighted by atomic mass is 10.1. The van der Waals surface area contributed by atoms with E-state index in [1.807, 2.05) is 20.8 Å². The minimum Gasteiger partial charge on any atom is -0.494 e. The fraction of sp³-hybridized carbons (Fsp3) is 0.500. The molecule has 0 aliphatic carbocycles. The van der Waals surface area contributed by atoms with E-state index in [1.54, 1.807) is 12.1 Å². The number of nitro groups is 1. The SMILES string of the molecule is CCOc1ccc([N+](=O)[O-])cc1CNC(C)C. The third-order valence-electron chi connectivity index (χ3n) is 2.26. The van der Waals surface area contributed by atoms with Crippen LogP contribution in [0.25, 0.3) is 0 Å². The van der Waals surface area contributed by atoms with Crippen molar-refractivity contribution in [2.45, 2.75) is 33.4 Å². The summed E-state index contributed by atoms with van der Waals surface area (Å²) in [6, 6.07) is 4.99. The molecule has 0 unspecified atom stereocenters. The zero-order chi connectivity index (χ0) is 12.8.